The Morgan fingerprint density at radius 3 is 2.67 bits per heavy atom. The van der Waals surface area contributed by atoms with Crippen LogP contribution in [0.2, 0.25) is 5.02 Å². The summed E-state index contributed by atoms with van der Waals surface area (Å²) in [5.74, 6) is -0.691. The summed E-state index contributed by atoms with van der Waals surface area (Å²) in [6.45, 7) is 0.381. The van der Waals surface area contributed by atoms with Crippen molar-refractivity contribution < 1.29 is 14.5 Å². The van der Waals surface area contributed by atoms with Crippen molar-refractivity contribution in [3.8, 4) is 0 Å². The molecule has 0 spiro atoms. The van der Waals surface area contributed by atoms with E-state index in [1.165, 1.54) is 12.1 Å². The van der Waals surface area contributed by atoms with Crippen LogP contribution in [-0.2, 0) is 4.79 Å². The predicted octanol–water partition coefficient (Wildman–Crippen LogP) is 2.01. The van der Waals surface area contributed by atoms with Gasteiger partial charge in [-0.3, -0.25) is 24.6 Å². The predicted molar refractivity (Wildman–Crippen MR) is 63.4 cm³/mol. The van der Waals surface area contributed by atoms with E-state index in [1.807, 2.05) is 0 Å². The lowest BCUT2D eigenvalue weighted by molar-refractivity contribution is -0.384. The summed E-state index contributed by atoms with van der Waals surface area (Å²) in [6, 6.07) is 3.68. The van der Waals surface area contributed by atoms with Gasteiger partial charge < -0.3 is 0 Å². The first-order chi connectivity index (χ1) is 8.50. The lowest BCUT2D eigenvalue weighted by Gasteiger charge is -2.13. The molecule has 1 aromatic rings. The quantitative estimate of drug-likeness (QED) is 0.467. The highest BCUT2D eigenvalue weighted by Crippen LogP contribution is 2.26. The van der Waals surface area contributed by atoms with Crippen LogP contribution in [0.1, 0.15) is 23.2 Å². The molecule has 0 saturated carbocycles. The van der Waals surface area contributed by atoms with Crippen molar-refractivity contribution in [1.29, 1.82) is 0 Å². The summed E-state index contributed by atoms with van der Waals surface area (Å²) in [6.07, 6.45) is 0.998. The minimum atomic E-state index is -0.627. The van der Waals surface area contributed by atoms with Crippen molar-refractivity contribution in [2.24, 2.45) is 0 Å². The van der Waals surface area contributed by atoms with Gasteiger partial charge in [0.25, 0.3) is 11.6 Å². The number of hydrogen-bond acceptors (Lipinski definition) is 4. The summed E-state index contributed by atoms with van der Waals surface area (Å²) in [5, 5.41) is 10.5. The van der Waals surface area contributed by atoms with Crippen LogP contribution in [0.25, 0.3) is 0 Å². The van der Waals surface area contributed by atoms with Gasteiger partial charge in [0.1, 0.15) is 5.02 Å². The second kappa shape index (κ2) is 4.73. The van der Waals surface area contributed by atoms with E-state index in [1.54, 1.807) is 0 Å². The van der Waals surface area contributed by atoms with Crippen molar-refractivity contribution in [2.45, 2.75) is 12.8 Å². The zero-order chi connectivity index (χ0) is 13.3. The van der Waals surface area contributed by atoms with Crippen LogP contribution >= 0.6 is 11.6 Å². The average Bonchev–Trinajstić information content (AvgIpc) is 2.74. The molecule has 1 heterocycles. The Hall–Kier alpha value is -1.95. The molecular formula is C11H9ClN2O4. The van der Waals surface area contributed by atoms with E-state index < -0.39 is 10.8 Å². The summed E-state index contributed by atoms with van der Waals surface area (Å²) in [4.78, 5) is 34.5. The molecule has 18 heavy (non-hydrogen) atoms. The molecule has 0 atom stereocenters. The third-order valence-corrected chi connectivity index (χ3v) is 3.01. The molecule has 1 aliphatic heterocycles. The minimum Gasteiger partial charge on any atom is -0.279 e. The molecule has 2 amide bonds. The maximum absolute atomic E-state index is 12.0. The van der Waals surface area contributed by atoms with Crippen molar-refractivity contribution in [3.63, 3.8) is 0 Å². The fourth-order valence-corrected chi connectivity index (χ4v) is 2.06. The fourth-order valence-electron chi connectivity index (χ4n) is 1.81. The molecule has 1 saturated heterocycles. The first kappa shape index (κ1) is 12.5. The number of rotatable bonds is 2. The molecule has 7 heteroatoms. The van der Waals surface area contributed by atoms with Gasteiger partial charge in [-0.25, -0.2) is 0 Å². The first-order valence-electron chi connectivity index (χ1n) is 5.29. The van der Waals surface area contributed by atoms with Crippen molar-refractivity contribution >= 4 is 29.1 Å². The molecule has 0 unspecified atom stereocenters. The number of nitro benzene ring substituents is 1. The van der Waals surface area contributed by atoms with Crippen LogP contribution in [0.3, 0.4) is 0 Å². The molecular weight excluding hydrogens is 260 g/mol. The number of benzene rings is 1. The second-order valence-corrected chi connectivity index (χ2v) is 4.28. The number of nitrogens with zero attached hydrogens (tertiary/aromatic N) is 2. The van der Waals surface area contributed by atoms with Gasteiger partial charge in [-0.05, 0) is 18.6 Å². The Labute approximate surface area is 107 Å². The Kier molecular flexibility index (Phi) is 3.29. The fraction of sp³-hybridized carbons (Fsp3) is 0.273. The molecule has 1 fully saturated rings. The number of likely N-dealkylation sites (tertiary alicyclic amines) is 1. The highest BCUT2D eigenvalue weighted by Gasteiger charge is 2.28. The molecule has 0 N–H and O–H groups in total. The minimum absolute atomic E-state index is 0.113. The highest BCUT2D eigenvalue weighted by molar-refractivity contribution is 6.33. The van der Waals surface area contributed by atoms with E-state index in [9.17, 15) is 19.7 Å². The van der Waals surface area contributed by atoms with Crippen LogP contribution < -0.4 is 0 Å². The van der Waals surface area contributed by atoms with Crippen molar-refractivity contribution in [3.05, 3.63) is 38.9 Å². The number of amides is 2. The van der Waals surface area contributed by atoms with Crippen LogP contribution in [0.5, 0.6) is 0 Å². The largest absolute Gasteiger partial charge is 0.287 e. The van der Waals surface area contributed by atoms with Gasteiger partial charge in [-0.15, -0.1) is 0 Å². The van der Waals surface area contributed by atoms with Gasteiger partial charge >= 0.3 is 0 Å². The molecule has 0 radical (unpaired) electrons. The standard InChI is InChI=1S/C11H9ClN2O4/c12-8-6-7(3-4-9(8)14(17)18)11(16)13-5-1-2-10(13)15/h3-4,6H,1-2,5H2. The van der Waals surface area contributed by atoms with E-state index in [2.05, 4.69) is 0 Å². The van der Waals surface area contributed by atoms with Gasteiger partial charge in [0, 0.05) is 24.6 Å². The molecule has 6 nitrogen and oxygen atoms in total. The highest BCUT2D eigenvalue weighted by atomic mass is 35.5. The second-order valence-electron chi connectivity index (χ2n) is 3.88. The Balaban J connectivity index is 2.29. The topological polar surface area (TPSA) is 80.5 Å². The van der Waals surface area contributed by atoms with Crippen LogP contribution in [0.15, 0.2) is 18.2 Å². The van der Waals surface area contributed by atoms with Crippen molar-refractivity contribution in [1.82, 2.24) is 4.90 Å². The smallest absolute Gasteiger partial charge is 0.279 e. The van der Waals surface area contributed by atoms with E-state index in [-0.39, 0.29) is 22.2 Å². The van der Waals surface area contributed by atoms with E-state index in [4.69, 9.17) is 11.6 Å². The van der Waals surface area contributed by atoms with Crippen LogP contribution in [-0.4, -0.2) is 28.2 Å². The summed E-state index contributed by atoms with van der Waals surface area (Å²) < 4.78 is 0. The van der Waals surface area contributed by atoms with Crippen molar-refractivity contribution in [2.75, 3.05) is 6.54 Å². The van der Waals surface area contributed by atoms with Gasteiger partial charge in [-0.1, -0.05) is 11.6 Å². The number of nitro groups is 1. The zero-order valence-electron chi connectivity index (χ0n) is 9.26. The van der Waals surface area contributed by atoms with Crippen LogP contribution in [0, 0.1) is 10.1 Å². The lowest BCUT2D eigenvalue weighted by Crippen LogP contribution is -2.31. The Morgan fingerprint density at radius 2 is 2.17 bits per heavy atom. The molecule has 2 rings (SSSR count). The van der Waals surface area contributed by atoms with Crippen LogP contribution in [0.4, 0.5) is 5.69 Å². The van der Waals surface area contributed by atoms with E-state index in [0.29, 0.717) is 19.4 Å². The van der Waals surface area contributed by atoms with Gasteiger partial charge in [0.2, 0.25) is 5.91 Å². The summed E-state index contributed by atoms with van der Waals surface area (Å²) in [7, 11) is 0. The molecule has 0 bridgehead atoms. The number of carbonyl (C=O) groups is 2. The Morgan fingerprint density at radius 1 is 1.44 bits per heavy atom. The SMILES string of the molecule is O=C1CCCN1C(=O)c1ccc([N+](=O)[O-])c(Cl)c1. The number of imide groups is 1. The summed E-state index contributed by atoms with van der Waals surface area (Å²) >= 11 is 5.71. The van der Waals surface area contributed by atoms with Gasteiger partial charge in [-0.2, -0.15) is 0 Å². The van der Waals surface area contributed by atoms with Gasteiger partial charge in [0.05, 0.1) is 4.92 Å². The zero-order valence-corrected chi connectivity index (χ0v) is 10.0. The van der Waals surface area contributed by atoms with E-state index in [0.717, 1.165) is 11.0 Å². The number of hydrogen-bond donors (Lipinski definition) is 0. The first-order valence-corrected chi connectivity index (χ1v) is 5.67. The summed E-state index contributed by atoms with van der Waals surface area (Å²) in [5.41, 5.74) is -0.0817. The third kappa shape index (κ3) is 2.19. The maximum atomic E-state index is 12.0. The Bertz CT molecular complexity index is 544. The molecule has 0 aliphatic carbocycles. The molecule has 1 aliphatic rings. The lowest BCUT2D eigenvalue weighted by atomic mass is 10.2. The van der Waals surface area contributed by atoms with E-state index >= 15 is 0 Å². The number of carbonyl (C=O) groups excluding carboxylic acids is 2. The average molecular weight is 269 g/mol. The van der Waals surface area contributed by atoms with Gasteiger partial charge in [0.15, 0.2) is 0 Å². The molecule has 94 valence electrons. The molecule has 1 aromatic carbocycles. The monoisotopic (exact) mass is 268 g/mol. The molecule has 0 aromatic heterocycles. The normalized spacial score (nSPS) is 14.9. The third-order valence-electron chi connectivity index (χ3n) is 2.71. The maximum Gasteiger partial charge on any atom is 0.287 e. The number of halogens is 1.